The second kappa shape index (κ2) is 8.05. The van der Waals surface area contributed by atoms with Gasteiger partial charge in [-0.05, 0) is 25.0 Å². The number of ether oxygens (including phenoxy) is 1. The van der Waals surface area contributed by atoms with Gasteiger partial charge in [0.05, 0.1) is 27.2 Å². The Kier molecular flexibility index (Phi) is 6.32. The van der Waals surface area contributed by atoms with Crippen LogP contribution in [0.2, 0.25) is 15.1 Å². The molecule has 130 valence electrons. The topological polar surface area (TPSA) is 75.7 Å². The molecule has 0 bridgehead atoms. The van der Waals surface area contributed by atoms with Crippen LogP contribution in [0.1, 0.15) is 23.2 Å². The highest BCUT2D eigenvalue weighted by atomic mass is 35.5. The second-order valence-corrected chi connectivity index (χ2v) is 6.58. The molecular weight excluding hydrogens is 379 g/mol. The van der Waals surface area contributed by atoms with Gasteiger partial charge < -0.3 is 15.0 Å². The first-order chi connectivity index (χ1) is 11.3. The number of rotatable bonds is 6. The van der Waals surface area contributed by atoms with E-state index >= 15 is 0 Å². The van der Waals surface area contributed by atoms with Crippen LogP contribution in [-0.2, 0) is 14.3 Å². The van der Waals surface area contributed by atoms with Gasteiger partial charge in [0, 0.05) is 13.1 Å². The number of nitrogens with zero attached hydrogens (tertiary/aromatic N) is 1. The first-order valence-electron chi connectivity index (χ1n) is 7.13. The summed E-state index contributed by atoms with van der Waals surface area (Å²) in [5.74, 6) is -1.64. The Hall–Kier alpha value is -1.50. The molecule has 0 heterocycles. The van der Waals surface area contributed by atoms with E-state index in [4.69, 9.17) is 39.5 Å². The maximum Gasteiger partial charge on any atom is 0.341 e. The van der Waals surface area contributed by atoms with Crippen molar-refractivity contribution < 1.29 is 19.1 Å². The van der Waals surface area contributed by atoms with Crippen molar-refractivity contribution in [3.63, 3.8) is 0 Å². The Morgan fingerprint density at radius 3 is 2.46 bits per heavy atom. The number of benzene rings is 1. The number of carbonyl (C=O) groups is 3. The van der Waals surface area contributed by atoms with Crippen LogP contribution in [0.4, 0.5) is 0 Å². The van der Waals surface area contributed by atoms with Gasteiger partial charge in [0.15, 0.2) is 6.61 Å². The van der Waals surface area contributed by atoms with Crippen molar-refractivity contribution in [2.45, 2.75) is 18.9 Å². The summed E-state index contributed by atoms with van der Waals surface area (Å²) >= 11 is 17.7. The van der Waals surface area contributed by atoms with Gasteiger partial charge in [-0.3, -0.25) is 9.59 Å². The van der Waals surface area contributed by atoms with Gasteiger partial charge in [-0.15, -0.1) is 0 Å². The Bertz CT molecular complexity index is 677. The van der Waals surface area contributed by atoms with Gasteiger partial charge in [0.1, 0.15) is 0 Å². The minimum absolute atomic E-state index is 0.0428. The molecule has 1 N–H and O–H groups in total. The van der Waals surface area contributed by atoms with E-state index in [1.165, 1.54) is 24.1 Å². The molecule has 9 heteroatoms. The Morgan fingerprint density at radius 1 is 1.21 bits per heavy atom. The van der Waals surface area contributed by atoms with E-state index in [0.29, 0.717) is 0 Å². The van der Waals surface area contributed by atoms with Crippen LogP contribution in [0.3, 0.4) is 0 Å². The van der Waals surface area contributed by atoms with Crippen LogP contribution in [0.15, 0.2) is 12.1 Å². The van der Waals surface area contributed by atoms with Crippen molar-refractivity contribution in [2.24, 2.45) is 0 Å². The summed E-state index contributed by atoms with van der Waals surface area (Å²) in [6.07, 6.45) is 1.92. The third kappa shape index (κ3) is 5.00. The van der Waals surface area contributed by atoms with E-state index < -0.39 is 18.5 Å². The summed E-state index contributed by atoms with van der Waals surface area (Å²) in [5.41, 5.74) is -0.104. The number of carbonyl (C=O) groups excluding carboxylic acids is 3. The molecular formula is C15H15Cl3N2O4. The molecule has 6 nitrogen and oxygen atoms in total. The molecule has 2 rings (SSSR count). The quantitative estimate of drug-likeness (QED) is 0.595. The molecule has 0 radical (unpaired) electrons. The normalized spacial score (nSPS) is 13.3. The van der Waals surface area contributed by atoms with Crippen LogP contribution in [0.25, 0.3) is 0 Å². The van der Waals surface area contributed by atoms with Crippen molar-refractivity contribution in [3.05, 3.63) is 32.8 Å². The standard InChI is InChI=1S/C15H15Cl3N2O4/c1-20(6-11(21)19-8-2-3-8)12(22)7-24-15(23)13-9(16)4-5-10(17)14(13)18/h4-5,8H,2-3,6-7H2,1H3,(H,19,21). The van der Waals surface area contributed by atoms with Crippen molar-refractivity contribution in [2.75, 3.05) is 20.2 Å². The third-order valence-electron chi connectivity index (χ3n) is 3.32. The molecule has 1 saturated carbocycles. The second-order valence-electron chi connectivity index (χ2n) is 5.39. The summed E-state index contributed by atoms with van der Waals surface area (Å²) in [6.45, 7) is -0.642. The maximum absolute atomic E-state index is 12.0. The number of hydrogen-bond donors (Lipinski definition) is 1. The monoisotopic (exact) mass is 392 g/mol. The lowest BCUT2D eigenvalue weighted by Crippen LogP contribution is -2.40. The molecule has 1 aliphatic carbocycles. The number of amides is 2. The lowest BCUT2D eigenvalue weighted by molar-refractivity contribution is -0.137. The largest absolute Gasteiger partial charge is 0.452 e. The SMILES string of the molecule is CN(CC(=O)NC1CC1)C(=O)COC(=O)c1c(Cl)ccc(Cl)c1Cl. The predicted octanol–water partition coefficient (Wildman–Crippen LogP) is 2.54. The van der Waals surface area contributed by atoms with Crippen LogP contribution in [0, 0.1) is 0 Å². The summed E-state index contributed by atoms with van der Waals surface area (Å²) in [6, 6.07) is 3.06. The zero-order valence-corrected chi connectivity index (χ0v) is 15.0. The van der Waals surface area contributed by atoms with Gasteiger partial charge in [-0.2, -0.15) is 0 Å². The minimum Gasteiger partial charge on any atom is -0.452 e. The molecule has 1 fully saturated rings. The lowest BCUT2D eigenvalue weighted by Gasteiger charge is -2.17. The average Bonchev–Trinajstić information content (AvgIpc) is 3.32. The van der Waals surface area contributed by atoms with Crippen molar-refractivity contribution in [1.82, 2.24) is 10.2 Å². The van der Waals surface area contributed by atoms with Crippen molar-refractivity contribution in [3.8, 4) is 0 Å². The predicted molar refractivity (Wildman–Crippen MR) is 90.6 cm³/mol. The number of esters is 1. The number of hydrogen-bond acceptors (Lipinski definition) is 4. The fourth-order valence-electron chi connectivity index (χ4n) is 1.83. The summed E-state index contributed by atoms with van der Waals surface area (Å²) in [7, 11) is 1.45. The molecule has 24 heavy (non-hydrogen) atoms. The molecule has 0 atom stereocenters. The molecule has 0 spiro atoms. The third-order valence-corrected chi connectivity index (χ3v) is 4.44. The highest BCUT2D eigenvalue weighted by Crippen LogP contribution is 2.31. The molecule has 0 unspecified atom stereocenters. The van der Waals surface area contributed by atoms with Crippen molar-refractivity contribution >= 4 is 52.6 Å². The fraction of sp³-hybridized carbons (Fsp3) is 0.400. The van der Waals surface area contributed by atoms with E-state index in [9.17, 15) is 14.4 Å². The molecule has 0 saturated heterocycles. The smallest absolute Gasteiger partial charge is 0.341 e. The minimum atomic E-state index is -0.864. The fourth-order valence-corrected chi connectivity index (χ4v) is 2.51. The molecule has 1 aromatic carbocycles. The van der Waals surface area contributed by atoms with Crippen LogP contribution < -0.4 is 5.32 Å². The molecule has 1 aromatic rings. The molecule has 0 aromatic heterocycles. The number of nitrogens with one attached hydrogen (secondary N) is 1. The molecule has 1 aliphatic rings. The van der Waals surface area contributed by atoms with Gasteiger partial charge in [0.2, 0.25) is 5.91 Å². The Balaban J connectivity index is 1.87. The molecule has 0 aliphatic heterocycles. The Morgan fingerprint density at radius 2 is 1.83 bits per heavy atom. The van der Waals surface area contributed by atoms with Crippen LogP contribution >= 0.6 is 34.8 Å². The Labute approximate surface area is 154 Å². The maximum atomic E-state index is 12.0. The van der Waals surface area contributed by atoms with E-state index in [0.717, 1.165) is 12.8 Å². The molecule has 2 amide bonds. The first-order valence-corrected chi connectivity index (χ1v) is 8.27. The highest BCUT2D eigenvalue weighted by molar-refractivity contribution is 6.46. The number of halogens is 3. The van der Waals surface area contributed by atoms with Crippen molar-refractivity contribution in [1.29, 1.82) is 0 Å². The average molecular weight is 394 g/mol. The summed E-state index contributed by atoms with van der Waals surface area (Å²) in [4.78, 5) is 36.8. The van der Waals surface area contributed by atoms with Gasteiger partial charge in [-0.25, -0.2) is 4.79 Å². The van der Waals surface area contributed by atoms with E-state index in [2.05, 4.69) is 5.32 Å². The zero-order valence-electron chi connectivity index (χ0n) is 12.8. The van der Waals surface area contributed by atoms with Crippen LogP contribution in [0.5, 0.6) is 0 Å². The van der Waals surface area contributed by atoms with Gasteiger partial charge in [-0.1, -0.05) is 34.8 Å². The summed E-state index contributed by atoms with van der Waals surface area (Å²) in [5, 5.41) is 2.93. The highest BCUT2D eigenvalue weighted by Gasteiger charge is 2.25. The van der Waals surface area contributed by atoms with Crippen LogP contribution in [-0.4, -0.2) is 48.9 Å². The lowest BCUT2D eigenvalue weighted by atomic mass is 10.2. The summed E-state index contributed by atoms with van der Waals surface area (Å²) < 4.78 is 4.91. The van der Waals surface area contributed by atoms with E-state index in [1.54, 1.807) is 0 Å². The van der Waals surface area contributed by atoms with Gasteiger partial charge in [0.25, 0.3) is 5.91 Å². The van der Waals surface area contributed by atoms with E-state index in [1.807, 2.05) is 0 Å². The number of likely N-dealkylation sites (N-methyl/N-ethyl adjacent to an activating group) is 1. The zero-order chi connectivity index (χ0) is 17.9. The van der Waals surface area contributed by atoms with E-state index in [-0.39, 0.29) is 39.1 Å². The van der Waals surface area contributed by atoms with Gasteiger partial charge >= 0.3 is 5.97 Å². The first kappa shape index (κ1) is 18.8.